The molecule has 4 saturated carbocycles. The highest BCUT2D eigenvalue weighted by Gasteiger charge is 2.62. The van der Waals surface area contributed by atoms with E-state index in [9.17, 15) is 14.4 Å². The number of carboxylic acid groups (broad SMARTS) is 1. The molecule has 5 fully saturated rings. The van der Waals surface area contributed by atoms with Gasteiger partial charge in [-0.25, -0.2) is 0 Å². The number of aldehydes is 1. The molecule has 7 nitrogen and oxygen atoms in total. The number of rotatable bonds is 9. The lowest BCUT2D eigenvalue weighted by molar-refractivity contribution is -0.240. The molecular weight excluding hydrogens is 396 g/mol. The van der Waals surface area contributed by atoms with Crippen LogP contribution in [-0.2, 0) is 19.1 Å². The molecule has 174 valence electrons. The predicted molar refractivity (Wildman–Crippen MR) is 115 cm³/mol. The lowest BCUT2D eigenvalue weighted by Crippen LogP contribution is -2.70. The summed E-state index contributed by atoms with van der Waals surface area (Å²) in [5.41, 5.74) is -0.447. The predicted octanol–water partition coefficient (Wildman–Crippen LogP) is 2.87. The molecule has 1 amide bonds. The average Bonchev–Trinajstić information content (AvgIpc) is 2.70. The van der Waals surface area contributed by atoms with Crippen molar-refractivity contribution in [1.29, 1.82) is 0 Å². The first-order valence-electron chi connectivity index (χ1n) is 12.1. The standard InChI is InChI=1S/C24H38N2O5/c1-15(2)21(22(30)25-19(14-27)10-20(28)29)26-24(5-3-4-6-31-24)23-11-16-7-17(12-23)9-18(8-16)13-23/h14-19,21,26H,3-13H2,1-2H3,(H,25,30)(H,28,29)/t16?,17?,18?,19-,21-,23?,24?/m0/s1. The molecule has 4 bridgehead atoms. The van der Waals surface area contributed by atoms with Crippen molar-refractivity contribution < 1.29 is 24.2 Å². The second-order valence-electron chi connectivity index (χ2n) is 11.0. The molecule has 1 heterocycles. The molecule has 1 saturated heterocycles. The largest absolute Gasteiger partial charge is 0.481 e. The van der Waals surface area contributed by atoms with Crippen LogP contribution < -0.4 is 10.6 Å². The van der Waals surface area contributed by atoms with E-state index in [0.717, 1.165) is 37.0 Å². The summed E-state index contributed by atoms with van der Waals surface area (Å²) in [4.78, 5) is 35.6. The third-order valence-electron chi connectivity index (χ3n) is 8.39. The molecule has 5 rings (SSSR count). The number of hydrogen-bond acceptors (Lipinski definition) is 5. The summed E-state index contributed by atoms with van der Waals surface area (Å²) in [5, 5.41) is 15.4. The van der Waals surface area contributed by atoms with E-state index in [1.807, 2.05) is 13.8 Å². The molecule has 0 aromatic rings. The second-order valence-corrected chi connectivity index (χ2v) is 11.0. The number of carbonyl (C=O) groups is 3. The SMILES string of the molecule is CC(C)[C@H](NC1(C23CC4CC(CC(C4)C2)C3)CCCCO1)C(=O)N[C@H](C=O)CC(=O)O. The molecule has 0 radical (unpaired) electrons. The molecular formula is C24H38N2O5. The van der Waals surface area contributed by atoms with Gasteiger partial charge in [0, 0.05) is 12.0 Å². The fourth-order valence-corrected chi connectivity index (χ4v) is 7.46. The normalized spacial score (nSPS) is 38.6. The minimum atomic E-state index is -1.10. The molecule has 4 aliphatic carbocycles. The zero-order valence-corrected chi connectivity index (χ0v) is 18.9. The molecule has 5 aliphatic rings. The first-order chi connectivity index (χ1) is 14.8. The van der Waals surface area contributed by atoms with Gasteiger partial charge in [-0.15, -0.1) is 0 Å². The van der Waals surface area contributed by atoms with Crippen LogP contribution in [0.3, 0.4) is 0 Å². The lowest BCUT2D eigenvalue weighted by atomic mass is 9.46. The number of ether oxygens (including phenoxy) is 1. The van der Waals surface area contributed by atoms with Crippen molar-refractivity contribution in [2.24, 2.45) is 29.1 Å². The van der Waals surface area contributed by atoms with Gasteiger partial charge in [0.05, 0.1) is 18.5 Å². The van der Waals surface area contributed by atoms with Crippen LogP contribution in [0.5, 0.6) is 0 Å². The Balaban J connectivity index is 1.58. The Labute approximate surface area is 185 Å². The number of carboxylic acids is 1. The lowest BCUT2D eigenvalue weighted by Gasteiger charge is -2.64. The van der Waals surface area contributed by atoms with Gasteiger partial charge >= 0.3 is 5.97 Å². The average molecular weight is 435 g/mol. The Bertz CT molecular complexity index is 665. The quantitative estimate of drug-likeness (QED) is 0.482. The van der Waals surface area contributed by atoms with E-state index in [0.29, 0.717) is 12.9 Å². The van der Waals surface area contributed by atoms with Crippen LogP contribution in [0.15, 0.2) is 0 Å². The summed E-state index contributed by atoms with van der Waals surface area (Å²) in [5.74, 6) is 0.887. The zero-order valence-electron chi connectivity index (χ0n) is 18.9. The van der Waals surface area contributed by atoms with Gasteiger partial charge < -0.3 is 20.0 Å². The smallest absolute Gasteiger partial charge is 0.305 e. The van der Waals surface area contributed by atoms with Gasteiger partial charge in [-0.3, -0.25) is 14.9 Å². The van der Waals surface area contributed by atoms with E-state index in [2.05, 4.69) is 10.6 Å². The van der Waals surface area contributed by atoms with Gasteiger partial charge in [0.15, 0.2) is 0 Å². The van der Waals surface area contributed by atoms with E-state index in [1.54, 1.807) is 0 Å². The van der Waals surface area contributed by atoms with Gasteiger partial charge in [-0.1, -0.05) is 13.8 Å². The summed E-state index contributed by atoms with van der Waals surface area (Å²) >= 11 is 0. The van der Waals surface area contributed by atoms with Crippen molar-refractivity contribution in [3.8, 4) is 0 Å². The highest BCUT2D eigenvalue weighted by molar-refractivity contribution is 5.86. The maximum atomic E-state index is 13.2. The molecule has 3 N–H and O–H groups in total. The van der Waals surface area contributed by atoms with Crippen LogP contribution in [0.25, 0.3) is 0 Å². The second kappa shape index (κ2) is 8.81. The Morgan fingerprint density at radius 2 is 1.71 bits per heavy atom. The maximum absolute atomic E-state index is 13.2. The molecule has 0 aromatic heterocycles. The zero-order chi connectivity index (χ0) is 22.2. The van der Waals surface area contributed by atoms with Gasteiger partial charge in [0.1, 0.15) is 12.0 Å². The summed E-state index contributed by atoms with van der Waals surface area (Å²) in [7, 11) is 0. The number of aliphatic carboxylic acids is 1. The van der Waals surface area contributed by atoms with Crippen LogP contribution >= 0.6 is 0 Å². The van der Waals surface area contributed by atoms with Gasteiger partial charge in [0.25, 0.3) is 0 Å². The first-order valence-corrected chi connectivity index (χ1v) is 12.1. The molecule has 1 aliphatic heterocycles. The summed E-state index contributed by atoms with van der Waals surface area (Å²) in [6.07, 6.45) is 10.7. The highest BCUT2D eigenvalue weighted by atomic mass is 16.5. The minimum absolute atomic E-state index is 0.0200. The monoisotopic (exact) mass is 434 g/mol. The maximum Gasteiger partial charge on any atom is 0.305 e. The molecule has 7 heteroatoms. The fraction of sp³-hybridized carbons (Fsp3) is 0.875. The molecule has 31 heavy (non-hydrogen) atoms. The molecule has 0 aromatic carbocycles. The topological polar surface area (TPSA) is 105 Å². The number of hydrogen-bond donors (Lipinski definition) is 3. The molecule has 1 unspecified atom stereocenters. The van der Waals surface area contributed by atoms with Gasteiger partial charge in [-0.2, -0.15) is 0 Å². The Hall–Kier alpha value is -1.47. The van der Waals surface area contributed by atoms with Crippen LogP contribution in [-0.4, -0.2) is 47.7 Å². The third-order valence-corrected chi connectivity index (χ3v) is 8.39. The summed E-state index contributed by atoms with van der Waals surface area (Å²) in [6.45, 7) is 4.68. The van der Waals surface area contributed by atoms with E-state index >= 15 is 0 Å². The van der Waals surface area contributed by atoms with Crippen molar-refractivity contribution in [3.63, 3.8) is 0 Å². The Morgan fingerprint density at radius 1 is 1.10 bits per heavy atom. The number of carbonyl (C=O) groups excluding carboxylic acids is 2. The van der Waals surface area contributed by atoms with E-state index < -0.39 is 30.2 Å². The van der Waals surface area contributed by atoms with Crippen LogP contribution in [0, 0.1) is 29.1 Å². The van der Waals surface area contributed by atoms with Crippen LogP contribution in [0.1, 0.15) is 78.1 Å². The Morgan fingerprint density at radius 3 is 2.16 bits per heavy atom. The summed E-state index contributed by atoms with van der Waals surface area (Å²) < 4.78 is 6.62. The summed E-state index contributed by atoms with van der Waals surface area (Å²) in [6, 6.07) is -1.56. The van der Waals surface area contributed by atoms with Gasteiger partial charge in [-0.05, 0) is 81.5 Å². The molecule has 3 atom stereocenters. The van der Waals surface area contributed by atoms with E-state index in [4.69, 9.17) is 9.84 Å². The number of amides is 1. The minimum Gasteiger partial charge on any atom is -0.481 e. The van der Waals surface area contributed by atoms with Crippen molar-refractivity contribution in [2.75, 3.05) is 6.61 Å². The molecule has 0 spiro atoms. The van der Waals surface area contributed by atoms with Crippen molar-refractivity contribution in [1.82, 2.24) is 10.6 Å². The first kappa shape index (κ1) is 22.7. The Kier molecular flexibility index (Phi) is 6.46. The van der Waals surface area contributed by atoms with Crippen LogP contribution in [0.4, 0.5) is 0 Å². The highest BCUT2D eigenvalue weighted by Crippen LogP contribution is 2.65. The van der Waals surface area contributed by atoms with Gasteiger partial charge in [0.2, 0.25) is 5.91 Å². The fourth-order valence-electron chi connectivity index (χ4n) is 7.46. The van der Waals surface area contributed by atoms with Crippen molar-refractivity contribution >= 4 is 18.2 Å². The number of nitrogens with one attached hydrogen (secondary N) is 2. The third kappa shape index (κ3) is 4.40. The van der Waals surface area contributed by atoms with Crippen LogP contribution in [0.2, 0.25) is 0 Å². The van der Waals surface area contributed by atoms with Crippen molar-refractivity contribution in [3.05, 3.63) is 0 Å². The van der Waals surface area contributed by atoms with E-state index in [1.165, 1.54) is 38.5 Å². The van der Waals surface area contributed by atoms with E-state index in [-0.39, 0.29) is 17.2 Å². The van der Waals surface area contributed by atoms with Crippen molar-refractivity contribution in [2.45, 2.75) is 95.9 Å².